The molecule has 9 nitrogen and oxygen atoms in total. The Morgan fingerprint density at radius 1 is 1.13 bits per heavy atom. The van der Waals surface area contributed by atoms with Crippen molar-refractivity contribution in [2.75, 3.05) is 6.61 Å². The van der Waals surface area contributed by atoms with Crippen LogP contribution in [0.4, 0.5) is 8.78 Å². The molecular weight excluding hydrogens is 600 g/mol. The van der Waals surface area contributed by atoms with Gasteiger partial charge in [-0.05, 0) is 73.9 Å². The van der Waals surface area contributed by atoms with Gasteiger partial charge in [-0.25, -0.2) is 13.6 Å². The van der Waals surface area contributed by atoms with Gasteiger partial charge in [0, 0.05) is 30.2 Å². The first-order valence-electron chi connectivity index (χ1n) is 16.0. The number of hydrogen-bond donors (Lipinski definition) is 2. The van der Waals surface area contributed by atoms with Gasteiger partial charge in [0.25, 0.3) is 0 Å². The Hall–Kier alpha value is -3.28. The Kier molecular flexibility index (Phi) is 8.13. The number of ether oxygens (including phenoxy) is 3. The van der Waals surface area contributed by atoms with Crippen molar-refractivity contribution in [2.24, 2.45) is 22.7 Å². The van der Waals surface area contributed by atoms with Crippen LogP contribution in [-0.2, 0) is 35.1 Å². The van der Waals surface area contributed by atoms with E-state index in [1.807, 2.05) is 6.92 Å². The summed E-state index contributed by atoms with van der Waals surface area (Å²) in [4.78, 5) is 50.6. The molecule has 5 aliphatic rings. The lowest BCUT2D eigenvalue weighted by Gasteiger charge is -2.63. The maximum absolute atomic E-state index is 17.6. The van der Waals surface area contributed by atoms with E-state index in [0.717, 1.165) is 11.6 Å². The van der Waals surface area contributed by atoms with Crippen LogP contribution in [0, 0.1) is 22.7 Å². The molecule has 1 aliphatic heterocycles. The predicted molar refractivity (Wildman–Crippen MR) is 161 cm³/mol. The number of alkyl halides is 2. The van der Waals surface area contributed by atoms with Crippen LogP contribution in [0.15, 0.2) is 48.1 Å². The molecule has 0 bridgehead atoms. The number of nitrogens with one attached hydrogen (secondary N) is 1. The molecule has 4 fully saturated rings. The largest absolute Gasteiger partial charge is 0.454 e. The van der Waals surface area contributed by atoms with E-state index in [-0.39, 0.29) is 36.3 Å². The summed E-state index contributed by atoms with van der Waals surface area (Å²) in [5, 5.41) is 14.4. The second-order valence-corrected chi connectivity index (χ2v) is 13.9. The Morgan fingerprint density at radius 3 is 2.52 bits per heavy atom. The molecule has 6 rings (SSSR count). The Labute approximate surface area is 266 Å². The van der Waals surface area contributed by atoms with Crippen LogP contribution in [0.2, 0.25) is 0 Å². The van der Waals surface area contributed by atoms with Crippen molar-refractivity contribution in [3.05, 3.63) is 59.2 Å². The number of benzene rings is 1. The van der Waals surface area contributed by atoms with E-state index in [2.05, 4.69) is 5.32 Å². The maximum atomic E-state index is 17.6. The minimum atomic E-state index is -2.31. The molecule has 0 aromatic heterocycles. The van der Waals surface area contributed by atoms with Gasteiger partial charge in [-0.3, -0.25) is 14.4 Å². The number of fused-ring (bicyclic) bond motifs is 7. The minimum Gasteiger partial charge on any atom is -0.454 e. The van der Waals surface area contributed by atoms with E-state index in [1.54, 1.807) is 19.1 Å². The summed E-state index contributed by atoms with van der Waals surface area (Å²) in [6.45, 7) is 6.30. The van der Waals surface area contributed by atoms with E-state index < -0.39 is 82.7 Å². The standard InChI is InChI=1S/C35H41F2NO8/c1-5-6-30-45-29-15-23-24-14-26(36)25-13-22(40)11-12-32(25,3)34(24,37)27(41)16-33(23,4)35(29,46-30)28(42)18-44-31(43)21-9-7-20(8-10-21)17-38-19(2)39/h7-13,23-24,26-27,29-30,41H,5-6,14-18H2,1-4H3,(H,38,39)/t23?,24?,26-,27?,29?,30?,32?,33?,34-,35?/m0/s1. The molecule has 3 saturated carbocycles. The summed E-state index contributed by atoms with van der Waals surface area (Å²) in [5.41, 5.74) is -5.71. The van der Waals surface area contributed by atoms with Gasteiger partial charge < -0.3 is 24.6 Å². The topological polar surface area (TPSA) is 128 Å². The highest BCUT2D eigenvalue weighted by Gasteiger charge is 2.80. The number of Topliss-reactive ketones (excluding diaryl/α,β-unsaturated/α-hetero) is 1. The van der Waals surface area contributed by atoms with Crippen molar-refractivity contribution in [3.63, 3.8) is 0 Å². The molecular formula is C35H41F2NO8. The SMILES string of the molecule is CCCC1OC2CC3C4C[C@H](F)C5=CC(=O)C=CC5(C)[C@@]4(F)C(O)CC3(C)C2(C(=O)COC(=O)c2ccc(CNC(C)=O)cc2)O1. The lowest BCUT2D eigenvalue weighted by atomic mass is 9.44. The lowest BCUT2D eigenvalue weighted by molar-refractivity contribution is -0.234. The Bertz CT molecular complexity index is 1510. The number of aliphatic hydroxyl groups excluding tert-OH is 1. The molecule has 10 atom stereocenters. The summed E-state index contributed by atoms with van der Waals surface area (Å²) in [6, 6.07) is 6.41. The maximum Gasteiger partial charge on any atom is 0.338 e. The van der Waals surface area contributed by atoms with Crippen molar-refractivity contribution >= 4 is 23.4 Å². The van der Waals surface area contributed by atoms with E-state index >= 15 is 8.78 Å². The summed E-state index contributed by atoms with van der Waals surface area (Å²) < 4.78 is 51.7. The number of amides is 1. The molecule has 4 aliphatic carbocycles. The highest BCUT2D eigenvalue weighted by molar-refractivity contribution is 6.01. The average Bonchev–Trinajstić information content (AvgIpc) is 3.49. The Morgan fingerprint density at radius 2 is 1.85 bits per heavy atom. The van der Waals surface area contributed by atoms with Gasteiger partial charge >= 0.3 is 5.97 Å². The number of ketones is 2. The normalized spacial score (nSPS) is 40.7. The van der Waals surface area contributed by atoms with Crippen LogP contribution in [0.25, 0.3) is 0 Å². The van der Waals surface area contributed by atoms with Gasteiger partial charge in [0.1, 0.15) is 6.17 Å². The predicted octanol–water partition coefficient (Wildman–Crippen LogP) is 4.26. The Balaban J connectivity index is 1.29. The van der Waals surface area contributed by atoms with Crippen LogP contribution in [0.3, 0.4) is 0 Å². The summed E-state index contributed by atoms with van der Waals surface area (Å²) in [6.07, 6.45) is -0.0887. The first-order valence-corrected chi connectivity index (χ1v) is 16.0. The van der Waals surface area contributed by atoms with Gasteiger partial charge in [0.15, 0.2) is 29.9 Å². The van der Waals surface area contributed by atoms with E-state index in [0.29, 0.717) is 19.4 Å². The average molecular weight is 642 g/mol. The molecule has 0 spiro atoms. The van der Waals surface area contributed by atoms with Crippen molar-refractivity contribution in [3.8, 4) is 0 Å². The fourth-order valence-corrected chi connectivity index (χ4v) is 9.19. The quantitative estimate of drug-likeness (QED) is 0.404. The van der Waals surface area contributed by atoms with Crippen LogP contribution < -0.4 is 5.32 Å². The fraction of sp³-hybridized carbons (Fsp3) is 0.600. The first-order chi connectivity index (χ1) is 21.7. The van der Waals surface area contributed by atoms with E-state index in [1.165, 1.54) is 38.1 Å². The molecule has 2 N–H and O–H groups in total. The van der Waals surface area contributed by atoms with Crippen molar-refractivity contribution in [1.29, 1.82) is 0 Å². The molecule has 0 radical (unpaired) electrons. The van der Waals surface area contributed by atoms with Crippen LogP contribution in [0.5, 0.6) is 0 Å². The summed E-state index contributed by atoms with van der Waals surface area (Å²) in [5.74, 6) is -3.53. The lowest BCUT2D eigenvalue weighted by Crippen LogP contribution is -2.71. The number of carbonyl (C=O) groups is 4. The van der Waals surface area contributed by atoms with Crippen LogP contribution >= 0.6 is 0 Å². The molecule has 11 heteroatoms. The zero-order chi connectivity index (χ0) is 33.2. The van der Waals surface area contributed by atoms with Crippen molar-refractivity contribution in [1.82, 2.24) is 5.32 Å². The molecule has 248 valence electrons. The number of allylic oxidation sites excluding steroid dienone is 4. The second kappa shape index (κ2) is 11.5. The van der Waals surface area contributed by atoms with Gasteiger partial charge in [-0.2, -0.15) is 0 Å². The molecule has 1 saturated heterocycles. The fourth-order valence-electron chi connectivity index (χ4n) is 9.19. The third-order valence-corrected chi connectivity index (χ3v) is 11.4. The highest BCUT2D eigenvalue weighted by atomic mass is 19.1. The summed E-state index contributed by atoms with van der Waals surface area (Å²) in [7, 11) is 0. The third-order valence-electron chi connectivity index (χ3n) is 11.4. The van der Waals surface area contributed by atoms with Crippen LogP contribution in [0.1, 0.15) is 75.7 Å². The first kappa shape index (κ1) is 32.7. The van der Waals surface area contributed by atoms with E-state index in [9.17, 15) is 24.3 Å². The number of rotatable bonds is 8. The van der Waals surface area contributed by atoms with Gasteiger partial charge in [0.2, 0.25) is 11.7 Å². The molecule has 1 amide bonds. The molecule has 1 heterocycles. The van der Waals surface area contributed by atoms with Gasteiger partial charge in [0.05, 0.1) is 17.8 Å². The molecule has 8 unspecified atom stereocenters. The number of aliphatic hydroxyl groups is 1. The van der Waals surface area contributed by atoms with E-state index in [4.69, 9.17) is 14.2 Å². The molecule has 46 heavy (non-hydrogen) atoms. The number of carbonyl (C=O) groups excluding carboxylic acids is 4. The van der Waals surface area contributed by atoms with Gasteiger partial charge in [-0.15, -0.1) is 0 Å². The molecule has 1 aromatic carbocycles. The van der Waals surface area contributed by atoms with Gasteiger partial charge in [-0.1, -0.05) is 38.5 Å². The zero-order valence-corrected chi connectivity index (χ0v) is 26.5. The van der Waals surface area contributed by atoms with Crippen molar-refractivity contribution in [2.45, 2.75) is 102 Å². The summed E-state index contributed by atoms with van der Waals surface area (Å²) >= 11 is 0. The third kappa shape index (κ3) is 4.64. The minimum absolute atomic E-state index is 0.0240. The van der Waals surface area contributed by atoms with Crippen molar-refractivity contribution < 1.29 is 47.3 Å². The number of esters is 1. The highest BCUT2D eigenvalue weighted by Crippen LogP contribution is 2.72. The second-order valence-electron chi connectivity index (χ2n) is 13.9. The monoisotopic (exact) mass is 641 g/mol. The number of hydrogen-bond acceptors (Lipinski definition) is 8. The zero-order valence-electron chi connectivity index (χ0n) is 26.5. The number of halogens is 2. The smallest absolute Gasteiger partial charge is 0.338 e. The van der Waals surface area contributed by atoms with Crippen LogP contribution in [-0.4, -0.2) is 71.1 Å². The molecule has 1 aromatic rings.